The van der Waals surface area contributed by atoms with Crippen LogP contribution in [0.25, 0.3) is 22.0 Å². The quantitative estimate of drug-likeness (QED) is 0.359. The zero-order valence-corrected chi connectivity index (χ0v) is 21.4. The van der Waals surface area contributed by atoms with Gasteiger partial charge in [-0.15, -0.1) is 0 Å². The number of fused-ring (bicyclic) bond motifs is 1. The Morgan fingerprint density at radius 2 is 1.71 bits per heavy atom. The highest BCUT2D eigenvalue weighted by molar-refractivity contribution is 6.11. The number of amides is 1. The average molecular weight is 514 g/mol. The number of carbonyl (C=O) groups excluding carboxylic acids is 1. The topological polar surface area (TPSA) is 90.0 Å². The van der Waals surface area contributed by atoms with Crippen LogP contribution in [0.3, 0.4) is 0 Å². The van der Waals surface area contributed by atoms with Crippen LogP contribution in [0, 0.1) is 5.82 Å². The van der Waals surface area contributed by atoms with Crippen molar-refractivity contribution in [2.75, 3.05) is 36.4 Å². The van der Waals surface area contributed by atoms with Crippen molar-refractivity contribution in [1.82, 2.24) is 25.1 Å². The first-order valence-corrected chi connectivity index (χ1v) is 13.5. The molecular weight excluding hydrogens is 481 g/mol. The predicted octanol–water partition coefficient (Wildman–Crippen LogP) is 5.39. The Morgan fingerprint density at radius 3 is 2.50 bits per heavy atom. The van der Waals surface area contributed by atoms with Crippen molar-refractivity contribution in [3.63, 3.8) is 0 Å². The maximum atomic E-state index is 14.8. The van der Waals surface area contributed by atoms with Crippen LogP contribution in [0.15, 0.2) is 48.9 Å². The SMILES string of the molecule is O=C(Nc1cnc(N2CCCCC2)c(F)c1)c1n[nH]c2ccc(-c3cncc(CN4CCCCC4)c3)cc12. The molecule has 1 amide bonds. The van der Waals surface area contributed by atoms with E-state index < -0.39 is 11.7 Å². The number of halogens is 1. The largest absolute Gasteiger partial charge is 0.354 e. The highest BCUT2D eigenvalue weighted by Gasteiger charge is 2.19. The Morgan fingerprint density at radius 1 is 0.921 bits per heavy atom. The molecule has 4 aromatic rings. The van der Waals surface area contributed by atoms with Crippen LogP contribution in [0.5, 0.6) is 0 Å². The molecule has 0 spiro atoms. The smallest absolute Gasteiger partial charge is 0.276 e. The van der Waals surface area contributed by atoms with Crippen LogP contribution in [0.1, 0.15) is 54.6 Å². The van der Waals surface area contributed by atoms with E-state index in [0.717, 1.165) is 68.6 Å². The minimum Gasteiger partial charge on any atom is -0.354 e. The molecule has 0 bridgehead atoms. The van der Waals surface area contributed by atoms with E-state index in [0.29, 0.717) is 16.9 Å². The van der Waals surface area contributed by atoms with Gasteiger partial charge in [-0.3, -0.25) is 19.8 Å². The van der Waals surface area contributed by atoms with Crippen molar-refractivity contribution < 1.29 is 9.18 Å². The number of anilines is 2. The van der Waals surface area contributed by atoms with Crippen molar-refractivity contribution in [3.05, 3.63) is 66.0 Å². The molecule has 5 heterocycles. The first-order valence-electron chi connectivity index (χ1n) is 13.5. The number of hydrogen-bond acceptors (Lipinski definition) is 6. The lowest BCUT2D eigenvalue weighted by molar-refractivity contribution is 0.102. The van der Waals surface area contributed by atoms with Crippen molar-refractivity contribution in [2.24, 2.45) is 0 Å². The van der Waals surface area contributed by atoms with Crippen LogP contribution in [0.4, 0.5) is 15.9 Å². The number of likely N-dealkylation sites (tertiary alicyclic amines) is 1. The monoisotopic (exact) mass is 513 g/mol. The standard InChI is InChI=1S/C29H32FN7O/c30-25-15-23(18-32-28(25)37-11-5-2-6-12-37)33-29(38)27-24-14-21(7-8-26(24)34-35-27)22-13-20(16-31-17-22)19-36-9-3-1-4-10-36/h7-8,13-18H,1-6,9-12,19H2,(H,33,38)(H,34,35). The second-order valence-corrected chi connectivity index (χ2v) is 10.3. The van der Waals surface area contributed by atoms with E-state index in [2.05, 4.69) is 36.4 Å². The Balaban J connectivity index is 1.21. The summed E-state index contributed by atoms with van der Waals surface area (Å²) in [6.45, 7) is 4.75. The summed E-state index contributed by atoms with van der Waals surface area (Å²) >= 11 is 0. The van der Waals surface area contributed by atoms with E-state index in [4.69, 9.17) is 0 Å². The van der Waals surface area contributed by atoms with Gasteiger partial charge in [0.25, 0.3) is 5.91 Å². The molecular formula is C29H32FN7O. The normalized spacial score (nSPS) is 16.6. The zero-order chi connectivity index (χ0) is 25.9. The Bertz CT molecular complexity index is 1440. The Kier molecular flexibility index (Phi) is 7.00. The maximum absolute atomic E-state index is 14.8. The first-order chi connectivity index (χ1) is 18.6. The lowest BCUT2D eigenvalue weighted by Crippen LogP contribution is -2.31. The van der Waals surface area contributed by atoms with Gasteiger partial charge in [-0.25, -0.2) is 9.37 Å². The zero-order valence-electron chi connectivity index (χ0n) is 21.4. The highest BCUT2D eigenvalue weighted by Crippen LogP contribution is 2.28. The summed E-state index contributed by atoms with van der Waals surface area (Å²) in [5.41, 5.74) is 4.43. The van der Waals surface area contributed by atoms with Gasteiger partial charge in [0.2, 0.25) is 0 Å². The summed E-state index contributed by atoms with van der Waals surface area (Å²) in [4.78, 5) is 26.4. The van der Waals surface area contributed by atoms with E-state index in [1.54, 1.807) is 0 Å². The third-order valence-corrected chi connectivity index (χ3v) is 7.50. The Hall–Kier alpha value is -3.85. The summed E-state index contributed by atoms with van der Waals surface area (Å²) in [5, 5.41) is 10.6. The number of hydrogen-bond donors (Lipinski definition) is 2. The molecule has 0 radical (unpaired) electrons. The number of aromatic nitrogens is 4. The van der Waals surface area contributed by atoms with E-state index in [-0.39, 0.29) is 5.69 Å². The average Bonchev–Trinajstić information content (AvgIpc) is 3.38. The second kappa shape index (κ2) is 10.9. The fourth-order valence-electron chi connectivity index (χ4n) is 5.50. The molecule has 2 aliphatic heterocycles. The fourth-order valence-corrected chi connectivity index (χ4v) is 5.50. The molecule has 1 aromatic carbocycles. The van der Waals surface area contributed by atoms with Crippen molar-refractivity contribution in [3.8, 4) is 11.1 Å². The number of rotatable bonds is 6. The minimum atomic E-state index is -0.434. The van der Waals surface area contributed by atoms with Crippen molar-refractivity contribution in [1.29, 1.82) is 0 Å². The number of benzene rings is 1. The van der Waals surface area contributed by atoms with Gasteiger partial charge in [0.1, 0.15) is 0 Å². The number of nitrogens with zero attached hydrogens (tertiary/aromatic N) is 5. The van der Waals surface area contributed by atoms with Gasteiger partial charge < -0.3 is 10.2 Å². The van der Waals surface area contributed by atoms with Crippen LogP contribution < -0.4 is 10.2 Å². The summed E-state index contributed by atoms with van der Waals surface area (Å²) in [7, 11) is 0. The molecule has 2 N–H and O–H groups in total. The lowest BCUT2D eigenvalue weighted by atomic mass is 10.0. The molecule has 9 heteroatoms. The van der Waals surface area contributed by atoms with Crippen molar-refractivity contribution in [2.45, 2.75) is 45.1 Å². The molecule has 196 valence electrons. The van der Waals surface area contributed by atoms with Gasteiger partial charge in [-0.1, -0.05) is 12.5 Å². The van der Waals surface area contributed by atoms with Crippen LogP contribution in [0.2, 0.25) is 0 Å². The van der Waals surface area contributed by atoms with Gasteiger partial charge in [0.15, 0.2) is 17.3 Å². The van der Waals surface area contributed by atoms with Crippen LogP contribution >= 0.6 is 0 Å². The van der Waals surface area contributed by atoms with E-state index >= 15 is 0 Å². The highest BCUT2D eigenvalue weighted by atomic mass is 19.1. The van der Waals surface area contributed by atoms with Gasteiger partial charge >= 0.3 is 0 Å². The molecule has 0 atom stereocenters. The fraction of sp³-hybridized carbons (Fsp3) is 0.379. The molecule has 3 aromatic heterocycles. The summed E-state index contributed by atoms with van der Waals surface area (Å²) < 4.78 is 14.8. The molecule has 0 saturated carbocycles. The van der Waals surface area contributed by atoms with E-state index in [1.165, 1.54) is 37.1 Å². The van der Waals surface area contributed by atoms with Gasteiger partial charge in [-0.2, -0.15) is 5.10 Å². The van der Waals surface area contributed by atoms with Gasteiger partial charge in [-0.05, 0) is 74.5 Å². The molecule has 8 nitrogen and oxygen atoms in total. The molecule has 2 saturated heterocycles. The summed E-state index contributed by atoms with van der Waals surface area (Å²) in [6.07, 6.45) is 12.3. The molecule has 38 heavy (non-hydrogen) atoms. The van der Waals surface area contributed by atoms with Gasteiger partial charge in [0.05, 0.1) is 17.4 Å². The van der Waals surface area contributed by atoms with Gasteiger partial charge in [0, 0.05) is 49.0 Å². The summed E-state index contributed by atoms with van der Waals surface area (Å²) in [5.74, 6) is -0.512. The molecule has 0 aliphatic carbocycles. The number of nitrogens with one attached hydrogen (secondary N) is 2. The third-order valence-electron chi connectivity index (χ3n) is 7.50. The molecule has 0 unspecified atom stereocenters. The number of pyridine rings is 2. The first kappa shape index (κ1) is 24.5. The molecule has 2 fully saturated rings. The number of aromatic amines is 1. The Labute approximate surface area is 221 Å². The number of H-pyrrole nitrogens is 1. The molecule has 6 rings (SSSR count). The van der Waals surface area contributed by atoms with E-state index in [1.807, 2.05) is 35.5 Å². The summed E-state index contributed by atoms with van der Waals surface area (Å²) in [6, 6.07) is 9.37. The minimum absolute atomic E-state index is 0.250. The number of piperidine rings is 2. The van der Waals surface area contributed by atoms with E-state index in [9.17, 15) is 9.18 Å². The molecule has 2 aliphatic rings. The predicted molar refractivity (Wildman–Crippen MR) is 147 cm³/mol. The van der Waals surface area contributed by atoms with Crippen molar-refractivity contribution >= 4 is 28.3 Å². The van der Waals surface area contributed by atoms with Crippen LogP contribution in [-0.2, 0) is 6.54 Å². The lowest BCUT2D eigenvalue weighted by Gasteiger charge is -2.28. The second-order valence-electron chi connectivity index (χ2n) is 10.3. The maximum Gasteiger partial charge on any atom is 0.276 e. The third kappa shape index (κ3) is 5.24. The number of carbonyl (C=O) groups is 1. The van der Waals surface area contributed by atoms with Crippen LogP contribution in [-0.4, -0.2) is 57.2 Å².